The standard InChI is InChI=1S/C19H24FN3O/c1-13-14(2)23(12-22-13)10-9-21-17(24)19(11-18(19,3)4)15-7-5-6-8-16(15)20/h5-8,12H,9-11H2,1-4H3,(H,21,24)/t19-/m0/s1. The number of amides is 1. The Morgan fingerprint density at radius 1 is 1.33 bits per heavy atom. The highest BCUT2D eigenvalue weighted by Gasteiger charge is 2.67. The van der Waals surface area contributed by atoms with E-state index in [4.69, 9.17) is 0 Å². The molecule has 3 rings (SSSR count). The summed E-state index contributed by atoms with van der Waals surface area (Å²) >= 11 is 0. The smallest absolute Gasteiger partial charge is 0.231 e. The molecule has 0 saturated heterocycles. The first-order chi connectivity index (χ1) is 11.3. The summed E-state index contributed by atoms with van der Waals surface area (Å²) < 4.78 is 16.3. The molecular weight excluding hydrogens is 305 g/mol. The van der Waals surface area contributed by atoms with Crippen molar-refractivity contribution in [3.05, 3.63) is 53.4 Å². The van der Waals surface area contributed by atoms with Crippen LogP contribution in [0, 0.1) is 25.1 Å². The lowest BCUT2D eigenvalue weighted by Gasteiger charge is -2.21. The number of aryl methyl sites for hydroxylation is 1. The van der Waals surface area contributed by atoms with Gasteiger partial charge >= 0.3 is 0 Å². The van der Waals surface area contributed by atoms with Gasteiger partial charge in [-0.05, 0) is 31.7 Å². The average molecular weight is 329 g/mol. The molecular formula is C19H24FN3O. The van der Waals surface area contributed by atoms with Crippen LogP contribution in [0.4, 0.5) is 4.39 Å². The fraction of sp³-hybridized carbons (Fsp3) is 0.474. The monoisotopic (exact) mass is 329 g/mol. The average Bonchev–Trinajstić information content (AvgIpc) is 2.99. The molecule has 24 heavy (non-hydrogen) atoms. The second kappa shape index (κ2) is 5.72. The molecule has 128 valence electrons. The number of hydrogen-bond acceptors (Lipinski definition) is 2. The third-order valence-electron chi connectivity index (χ3n) is 5.44. The third kappa shape index (κ3) is 2.52. The zero-order valence-corrected chi connectivity index (χ0v) is 14.7. The molecule has 1 aliphatic carbocycles. The number of hydrogen-bond donors (Lipinski definition) is 1. The summed E-state index contributed by atoms with van der Waals surface area (Å²) in [5, 5.41) is 3.00. The SMILES string of the molecule is Cc1ncn(CCNC(=O)[C@@]2(c3ccccc3F)CC2(C)C)c1C. The predicted molar refractivity (Wildman–Crippen MR) is 91.2 cm³/mol. The number of imidazole rings is 1. The molecule has 1 aromatic heterocycles. The summed E-state index contributed by atoms with van der Waals surface area (Å²) in [4.78, 5) is 17.1. The van der Waals surface area contributed by atoms with E-state index in [2.05, 4.69) is 10.3 Å². The molecule has 1 saturated carbocycles. The van der Waals surface area contributed by atoms with Gasteiger partial charge in [-0.25, -0.2) is 9.37 Å². The van der Waals surface area contributed by atoms with Crippen LogP contribution in [0.15, 0.2) is 30.6 Å². The molecule has 1 aliphatic rings. The Hall–Kier alpha value is -2.17. The molecule has 1 atom stereocenters. The summed E-state index contributed by atoms with van der Waals surface area (Å²) in [6.07, 6.45) is 2.44. The van der Waals surface area contributed by atoms with E-state index in [0.29, 0.717) is 25.1 Å². The molecule has 0 bridgehead atoms. The van der Waals surface area contributed by atoms with Crippen molar-refractivity contribution in [3.63, 3.8) is 0 Å². The first kappa shape index (κ1) is 16.7. The second-order valence-corrected chi connectivity index (χ2v) is 7.31. The Kier molecular flexibility index (Phi) is 3.98. The molecule has 0 radical (unpaired) electrons. The van der Waals surface area contributed by atoms with Crippen LogP contribution in [0.5, 0.6) is 0 Å². The molecule has 1 fully saturated rings. The highest BCUT2D eigenvalue weighted by Crippen LogP contribution is 2.64. The first-order valence-corrected chi connectivity index (χ1v) is 8.31. The van der Waals surface area contributed by atoms with E-state index < -0.39 is 5.41 Å². The Bertz CT molecular complexity index is 781. The molecule has 0 unspecified atom stereocenters. The van der Waals surface area contributed by atoms with E-state index >= 15 is 0 Å². The van der Waals surface area contributed by atoms with Crippen molar-refractivity contribution in [1.82, 2.24) is 14.9 Å². The van der Waals surface area contributed by atoms with Gasteiger partial charge in [0, 0.05) is 24.3 Å². The molecule has 4 nitrogen and oxygen atoms in total. The fourth-order valence-corrected chi connectivity index (χ4v) is 3.61. The van der Waals surface area contributed by atoms with Gasteiger partial charge in [-0.3, -0.25) is 4.79 Å². The van der Waals surface area contributed by atoms with E-state index in [9.17, 15) is 9.18 Å². The van der Waals surface area contributed by atoms with Crippen LogP contribution in [0.3, 0.4) is 0 Å². The summed E-state index contributed by atoms with van der Waals surface area (Å²) in [5.41, 5.74) is 1.59. The topological polar surface area (TPSA) is 46.9 Å². The highest BCUT2D eigenvalue weighted by atomic mass is 19.1. The lowest BCUT2D eigenvalue weighted by molar-refractivity contribution is -0.124. The molecule has 2 aromatic rings. The van der Waals surface area contributed by atoms with E-state index in [0.717, 1.165) is 11.4 Å². The van der Waals surface area contributed by atoms with Crippen LogP contribution in [0.1, 0.15) is 37.2 Å². The summed E-state index contributed by atoms with van der Waals surface area (Å²) in [7, 11) is 0. The van der Waals surface area contributed by atoms with Crippen molar-refractivity contribution in [1.29, 1.82) is 0 Å². The Balaban J connectivity index is 1.73. The van der Waals surface area contributed by atoms with Gasteiger partial charge in [-0.1, -0.05) is 32.0 Å². The van der Waals surface area contributed by atoms with Crippen molar-refractivity contribution in [3.8, 4) is 0 Å². The number of benzene rings is 1. The maximum atomic E-state index is 14.3. The van der Waals surface area contributed by atoms with Crippen LogP contribution in [-0.2, 0) is 16.8 Å². The van der Waals surface area contributed by atoms with Gasteiger partial charge in [0.1, 0.15) is 5.82 Å². The summed E-state index contributed by atoms with van der Waals surface area (Å²) in [6.45, 7) is 9.16. The number of nitrogens with one attached hydrogen (secondary N) is 1. The normalized spacial score (nSPS) is 21.5. The lowest BCUT2D eigenvalue weighted by atomic mass is 9.86. The first-order valence-electron chi connectivity index (χ1n) is 8.31. The van der Waals surface area contributed by atoms with E-state index in [1.54, 1.807) is 24.5 Å². The van der Waals surface area contributed by atoms with Crippen molar-refractivity contribution in [2.24, 2.45) is 5.41 Å². The molecule has 1 heterocycles. The highest BCUT2D eigenvalue weighted by molar-refractivity contribution is 5.93. The minimum absolute atomic E-state index is 0.0907. The van der Waals surface area contributed by atoms with Crippen LogP contribution < -0.4 is 5.32 Å². The number of halogens is 1. The van der Waals surface area contributed by atoms with Gasteiger partial charge in [0.2, 0.25) is 5.91 Å². The van der Waals surface area contributed by atoms with E-state index in [1.165, 1.54) is 6.07 Å². The lowest BCUT2D eigenvalue weighted by Crippen LogP contribution is -2.39. The predicted octanol–water partition coefficient (Wildman–Crippen LogP) is 3.12. The van der Waals surface area contributed by atoms with E-state index in [1.807, 2.05) is 32.3 Å². The number of aromatic nitrogens is 2. The number of carbonyl (C=O) groups is 1. The van der Waals surface area contributed by atoms with Crippen LogP contribution >= 0.6 is 0 Å². The van der Waals surface area contributed by atoms with Crippen molar-refractivity contribution in [2.45, 2.75) is 46.1 Å². The maximum absolute atomic E-state index is 14.3. The zero-order chi connectivity index (χ0) is 17.5. The number of carbonyl (C=O) groups excluding carboxylic acids is 1. The molecule has 5 heteroatoms. The number of nitrogens with zero attached hydrogens (tertiary/aromatic N) is 2. The molecule has 1 aromatic carbocycles. The van der Waals surface area contributed by atoms with Crippen LogP contribution in [-0.4, -0.2) is 22.0 Å². The summed E-state index contributed by atoms with van der Waals surface area (Å²) in [5.74, 6) is -0.397. The quantitative estimate of drug-likeness (QED) is 0.916. The molecule has 0 aliphatic heterocycles. The molecule has 1 amide bonds. The Morgan fingerprint density at radius 2 is 2.00 bits per heavy atom. The number of rotatable bonds is 5. The van der Waals surface area contributed by atoms with Crippen molar-refractivity contribution in [2.75, 3.05) is 6.54 Å². The van der Waals surface area contributed by atoms with E-state index in [-0.39, 0.29) is 17.1 Å². The third-order valence-corrected chi connectivity index (χ3v) is 5.44. The van der Waals surface area contributed by atoms with Gasteiger partial charge in [0.25, 0.3) is 0 Å². The fourth-order valence-electron chi connectivity index (χ4n) is 3.61. The minimum atomic E-state index is -0.766. The van der Waals surface area contributed by atoms with Gasteiger partial charge in [0.05, 0.1) is 17.4 Å². The zero-order valence-electron chi connectivity index (χ0n) is 14.7. The molecule has 1 N–H and O–H groups in total. The minimum Gasteiger partial charge on any atom is -0.354 e. The van der Waals surface area contributed by atoms with Crippen molar-refractivity contribution < 1.29 is 9.18 Å². The second-order valence-electron chi connectivity index (χ2n) is 7.31. The Labute approximate surface area is 142 Å². The van der Waals surface area contributed by atoms with Gasteiger partial charge < -0.3 is 9.88 Å². The maximum Gasteiger partial charge on any atom is 0.231 e. The van der Waals surface area contributed by atoms with Gasteiger partial charge in [-0.15, -0.1) is 0 Å². The van der Waals surface area contributed by atoms with Gasteiger partial charge in [-0.2, -0.15) is 0 Å². The Morgan fingerprint density at radius 3 is 2.54 bits per heavy atom. The van der Waals surface area contributed by atoms with Crippen molar-refractivity contribution >= 4 is 5.91 Å². The largest absolute Gasteiger partial charge is 0.354 e. The summed E-state index contributed by atoms with van der Waals surface area (Å²) in [6, 6.07) is 6.60. The van der Waals surface area contributed by atoms with Crippen LogP contribution in [0.2, 0.25) is 0 Å². The van der Waals surface area contributed by atoms with Gasteiger partial charge in [0.15, 0.2) is 0 Å². The molecule has 0 spiro atoms. The van der Waals surface area contributed by atoms with Crippen LogP contribution in [0.25, 0.3) is 0 Å².